The molecule has 0 unspecified atom stereocenters. The molecule has 25 heavy (non-hydrogen) atoms. The smallest absolute Gasteiger partial charge is 0.336 e. The van der Waals surface area contributed by atoms with E-state index in [2.05, 4.69) is 10.3 Å². The van der Waals surface area contributed by atoms with Gasteiger partial charge in [-0.05, 0) is 31.5 Å². The maximum atomic E-state index is 12.1. The molecule has 0 radical (unpaired) electrons. The van der Waals surface area contributed by atoms with E-state index in [9.17, 15) is 9.59 Å². The molecular formula is C18H19N3O4. The fourth-order valence-electron chi connectivity index (χ4n) is 2.41. The van der Waals surface area contributed by atoms with Gasteiger partial charge in [0.1, 0.15) is 11.3 Å². The molecule has 2 heterocycles. The number of imidazole rings is 1. The molecule has 0 saturated carbocycles. The predicted octanol–water partition coefficient (Wildman–Crippen LogP) is 1.96. The van der Waals surface area contributed by atoms with E-state index in [0.29, 0.717) is 17.9 Å². The molecule has 130 valence electrons. The van der Waals surface area contributed by atoms with Gasteiger partial charge in [0.05, 0.1) is 6.33 Å². The first-order valence-corrected chi connectivity index (χ1v) is 8.06. The summed E-state index contributed by atoms with van der Waals surface area (Å²) in [6.45, 7) is 3.02. The van der Waals surface area contributed by atoms with E-state index in [-0.39, 0.29) is 5.91 Å². The number of ether oxygens (including phenoxy) is 1. The van der Waals surface area contributed by atoms with Crippen molar-refractivity contribution in [1.29, 1.82) is 0 Å². The van der Waals surface area contributed by atoms with Crippen LogP contribution in [0.1, 0.15) is 13.3 Å². The van der Waals surface area contributed by atoms with Crippen LogP contribution in [0.4, 0.5) is 0 Å². The zero-order valence-corrected chi connectivity index (χ0v) is 13.8. The van der Waals surface area contributed by atoms with Crippen LogP contribution >= 0.6 is 0 Å². The summed E-state index contributed by atoms with van der Waals surface area (Å²) >= 11 is 0. The number of carbonyl (C=O) groups excluding carboxylic acids is 1. The Labute approximate surface area is 144 Å². The van der Waals surface area contributed by atoms with Gasteiger partial charge in [0.2, 0.25) is 0 Å². The highest BCUT2D eigenvalue weighted by molar-refractivity contribution is 5.81. The van der Waals surface area contributed by atoms with Crippen molar-refractivity contribution in [3.63, 3.8) is 0 Å². The quantitative estimate of drug-likeness (QED) is 0.524. The van der Waals surface area contributed by atoms with Crippen LogP contribution in [-0.2, 0) is 11.3 Å². The van der Waals surface area contributed by atoms with E-state index in [1.165, 1.54) is 6.07 Å². The van der Waals surface area contributed by atoms with Crippen LogP contribution in [0.5, 0.6) is 5.75 Å². The maximum Gasteiger partial charge on any atom is 0.336 e. The third-order valence-corrected chi connectivity index (χ3v) is 3.73. The molecule has 7 heteroatoms. The number of aromatic nitrogens is 2. The van der Waals surface area contributed by atoms with Gasteiger partial charge in [-0.25, -0.2) is 9.78 Å². The number of aryl methyl sites for hydroxylation is 1. The number of amides is 1. The van der Waals surface area contributed by atoms with Gasteiger partial charge in [-0.15, -0.1) is 0 Å². The Bertz CT molecular complexity index is 902. The number of rotatable bonds is 7. The highest BCUT2D eigenvalue weighted by atomic mass is 16.5. The summed E-state index contributed by atoms with van der Waals surface area (Å²) < 4.78 is 12.7. The SMILES string of the molecule is C[C@H](Oc1ccc2ccc(=O)oc2c1)C(=O)NCCCn1ccnc1. The van der Waals surface area contributed by atoms with E-state index < -0.39 is 11.7 Å². The molecule has 1 N–H and O–H groups in total. The van der Waals surface area contributed by atoms with Crippen molar-refractivity contribution in [1.82, 2.24) is 14.9 Å². The van der Waals surface area contributed by atoms with E-state index in [1.807, 2.05) is 10.8 Å². The monoisotopic (exact) mass is 341 g/mol. The Kier molecular flexibility index (Phi) is 5.13. The van der Waals surface area contributed by atoms with Gasteiger partial charge in [0.25, 0.3) is 5.91 Å². The molecular weight excluding hydrogens is 322 g/mol. The number of carbonyl (C=O) groups is 1. The van der Waals surface area contributed by atoms with Crippen LogP contribution in [-0.4, -0.2) is 28.1 Å². The summed E-state index contributed by atoms with van der Waals surface area (Å²) in [6, 6.07) is 8.18. The van der Waals surface area contributed by atoms with Crippen molar-refractivity contribution in [2.24, 2.45) is 0 Å². The lowest BCUT2D eigenvalue weighted by Crippen LogP contribution is -2.37. The standard InChI is InChI=1S/C18H19N3O4/c1-13(18(23)20-7-2-9-21-10-8-19-12-21)24-15-5-3-14-4-6-17(22)25-16(14)11-15/h3-6,8,10-13H,2,7,9H2,1H3,(H,20,23)/t13-/m0/s1. The maximum absolute atomic E-state index is 12.1. The van der Waals surface area contributed by atoms with E-state index in [0.717, 1.165) is 18.4 Å². The number of nitrogens with one attached hydrogen (secondary N) is 1. The molecule has 0 fully saturated rings. The minimum Gasteiger partial charge on any atom is -0.481 e. The molecule has 1 aromatic carbocycles. The van der Waals surface area contributed by atoms with Gasteiger partial charge in [-0.3, -0.25) is 4.79 Å². The first-order valence-electron chi connectivity index (χ1n) is 8.06. The molecule has 3 rings (SSSR count). The van der Waals surface area contributed by atoms with Gasteiger partial charge in [-0.1, -0.05) is 0 Å². The third kappa shape index (κ3) is 4.47. The van der Waals surface area contributed by atoms with E-state index in [1.54, 1.807) is 43.7 Å². The molecule has 1 amide bonds. The Balaban J connectivity index is 1.51. The van der Waals surface area contributed by atoms with Gasteiger partial charge in [-0.2, -0.15) is 0 Å². The van der Waals surface area contributed by atoms with Crippen molar-refractivity contribution < 1.29 is 13.9 Å². The summed E-state index contributed by atoms with van der Waals surface area (Å²) in [5.74, 6) is 0.281. The van der Waals surface area contributed by atoms with Gasteiger partial charge in [0.15, 0.2) is 6.10 Å². The predicted molar refractivity (Wildman–Crippen MR) is 92.4 cm³/mol. The van der Waals surface area contributed by atoms with E-state index >= 15 is 0 Å². The third-order valence-electron chi connectivity index (χ3n) is 3.73. The van der Waals surface area contributed by atoms with Crippen LogP contribution in [0.25, 0.3) is 11.0 Å². The Morgan fingerprint density at radius 2 is 2.20 bits per heavy atom. The van der Waals surface area contributed by atoms with Crippen LogP contribution in [0.15, 0.2) is 58.3 Å². The van der Waals surface area contributed by atoms with Gasteiger partial charge >= 0.3 is 5.63 Å². The number of fused-ring (bicyclic) bond motifs is 1. The minimum atomic E-state index is -0.652. The van der Waals surface area contributed by atoms with Crippen molar-refractivity contribution in [3.05, 3.63) is 59.5 Å². The molecule has 0 saturated heterocycles. The topological polar surface area (TPSA) is 86.4 Å². The molecule has 0 bridgehead atoms. The van der Waals surface area contributed by atoms with Gasteiger partial charge in [0, 0.05) is 43.0 Å². The van der Waals surface area contributed by atoms with E-state index in [4.69, 9.17) is 9.15 Å². The number of hydrogen-bond acceptors (Lipinski definition) is 5. The summed E-state index contributed by atoms with van der Waals surface area (Å²) in [6.07, 6.45) is 5.49. The Morgan fingerprint density at radius 3 is 3.00 bits per heavy atom. The van der Waals surface area contributed by atoms with Crippen molar-refractivity contribution in [2.45, 2.75) is 26.0 Å². The number of hydrogen-bond donors (Lipinski definition) is 1. The van der Waals surface area contributed by atoms with Crippen LogP contribution in [0.3, 0.4) is 0 Å². The first-order chi connectivity index (χ1) is 12.1. The lowest BCUT2D eigenvalue weighted by Gasteiger charge is -2.15. The van der Waals surface area contributed by atoms with Crippen molar-refractivity contribution in [3.8, 4) is 5.75 Å². The second-order valence-corrected chi connectivity index (χ2v) is 5.66. The first kappa shape index (κ1) is 16.8. The second kappa shape index (κ2) is 7.65. The van der Waals surface area contributed by atoms with Crippen molar-refractivity contribution in [2.75, 3.05) is 6.54 Å². The zero-order valence-electron chi connectivity index (χ0n) is 13.8. The summed E-state index contributed by atoms with van der Waals surface area (Å²) in [5, 5.41) is 3.64. The lowest BCUT2D eigenvalue weighted by molar-refractivity contribution is -0.127. The van der Waals surface area contributed by atoms with Crippen LogP contribution in [0, 0.1) is 0 Å². The fourth-order valence-corrected chi connectivity index (χ4v) is 2.41. The zero-order chi connectivity index (χ0) is 17.6. The molecule has 3 aromatic rings. The highest BCUT2D eigenvalue weighted by Crippen LogP contribution is 2.20. The Morgan fingerprint density at radius 1 is 1.36 bits per heavy atom. The van der Waals surface area contributed by atoms with Crippen molar-refractivity contribution >= 4 is 16.9 Å². The minimum absolute atomic E-state index is 0.194. The molecule has 2 aromatic heterocycles. The summed E-state index contributed by atoms with van der Waals surface area (Å²) in [4.78, 5) is 27.3. The average molecular weight is 341 g/mol. The molecule has 0 aliphatic heterocycles. The summed E-state index contributed by atoms with van der Waals surface area (Å²) in [5.41, 5.74) is 0.00581. The molecule has 0 aliphatic rings. The van der Waals surface area contributed by atoms with Gasteiger partial charge < -0.3 is 19.0 Å². The summed E-state index contributed by atoms with van der Waals surface area (Å²) in [7, 11) is 0. The highest BCUT2D eigenvalue weighted by Gasteiger charge is 2.14. The lowest BCUT2D eigenvalue weighted by atomic mass is 10.2. The molecule has 7 nitrogen and oxygen atoms in total. The molecule has 0 aliphatic carbocycles. The van der Waals surface area contributed by atoms with Crippen LogP contribution < -0.4 is 15.7 Å². The number of nitrogens with zero attached hydrogens (tertiary/aromatic N) is 2. The molecule has 0 spiro atoms. The molecule has 1 atom stereocenters. The average Bonchev–Trinajstić information content (AvgIpc) is 3.11. The van der Waals surface area contributed by atoms with Crippen LogP contribution in [0.2, 0.25) is 0 Å². The normalized spacial score (nSPS) is 12.0. The fraction of sp³-hybridized carbons (Fsp3) is 0.278. The largest absolute Gasteiger partial charge is 0.481 e. The Hall–Kier alpha value is -3.09. The second-order valence-electron chi connectivity index (χ2n) is 5.66. The number of benzene rings is 1.